The predicted octanol–water partition coefficient (Wildman–Crippen LogP) is 4.11. The molecule has 1 amide bonds. The molecule has 1 fully saturated rings. The van der Waals surface area contributed by atoms with Gasteiger partial charge in [-0.3, -0.25) is 4.79 Å². The van der Waals surface area contributed by atoms with Crippen LogP contribution in [0.4, 0.5) is 0 Å². The Balaban J connectivity index is 1.75. The van der Waals surface area contributed by atoms with Gasteiger partial charge >= 0.3 is 0 Å². The van der Waals surface area contributed by atoms with Crippen LogP contribution in [0.5, 0.6) is 5.75 Å². The molecular weight excluding hydrogens is 422 g/mol. The molecule has 7 heteroatoms. The van der Waals surface area contributed by atoms with Crippen molar-refractivity contribution in [3.05, 3.63) is 63.7 Å². The van der Waals surface area contributed by atoms with E-state index < -0.39 is 9.84 Å². The highest BCUT2D eigenvalue weighted by Gasteiger charge is 2.34. The molecule has 30 heavy (non-hydrogen) atoms. The lowest BCUT2D eigenvalue weighted by molar-refractivity contribution is -0.136. The van der Waals surface area contributed by atoms with Crippen LogP contribution in [0, 0.1) is 13.8 Å². The van der Waals surface area contributed by atoms with Crippen LogP contribution in [-0.2, 0) is 27.6 Å². The number of ether oxygens (including phenoxy) is 1. The molecule has 1 aliphatic rings. The molecule has 5 nitrogen and oxygen atoms in total. The molecule has 1 atom stereocenters. The topological polar surface area (TPSA) is 63.7 Å². The molecule has 0 aliphatic carbocycles. The van der Waals surface area contributed by atoms with Crippen LogP contribution in [0.25, 0.3) is 0 Å². The average Bonchev–Trinajstić information content (AvgIpc) is 3.08. The van der Waals surface area contributed by atoms with Crippen LogP contribution in [0.2, 0.25) is 5.02 Å². The lowest BCUT2D eigenvalue weighted by atomic mass is 10.1. The number of amides is 1. The number of carbonyl (C=O) groups excluding carboxylic acids is 1. The lowest BCUT2D eigenvalue weighted by Gasteiger charge is -2.28. The fraction of sp³-hybridized carbons (Fsp3) is 0.435. The van der Waals surface area contributed by atoms with E-state index in [2.05, 4.69) is 6.92 Å². The highest BCUT2D eigenvalue weighted by Crippen LogP contribution is 2.26. The van der Waals surface area contributed by atoms with Gasteiger partial charge in [-0.1, -0.05) is 42.8 Å². The maximum atomic E-state index is 13.1. The first-order valence-corrected chi connectivity index (χ1v) is 12.4. The monoisotopic (exact) mass is 449 g/mol. The first-order valence-electron chi connectivity index (χ1n) is 10.2. The molecule has 1 saturated heterocycles. The molecule has 1 heterocycles. The van der Waals surface area contributed by atoms with Crippen molar-refractivity contribution < 1.29 is 17.9 Å². The summed E-state index contributed by atoms with van der Waals surface area (Å²) in [4.78, 5) is 14.7. The fourth-order valence-electron chi connectivity index (χ4n) is 3.74. The molecular formula is C23H28ClNO4S. The van der Waals surface area contributed by atoms with Gasteiger partial charge in [-0.15, -0.1) is 0 Å². The summed E-state index contributed by atoms with van der Waals surface area (Å²) in [5.41, 5.74) is 3.96. The smallest absolute Gasteiger partial charge is 0.261 e. The number of carbonyl (C=O) groups is 1. The minimum Gasteiger partial charge on any atom is -0.484 e. The third-order valence-corrected chi connectivity index (χ3v) is 7.87. The van der Waals surface area contributed by atoms with E-state index >= 15 is 0 Å². The van der Waals surface area contributed by atoms with E-state index in [9.17, 15) is 13.2 Å². The Morgan fingerprint density at radius 3 is 2.27 bits per heavy atom. The van der Waals surface area contributed by atoms with Crippen molar-refractivity contribution in [1.29, 1.82) is 0 Å². The molecule has 0 saturated carbocycles. The number of sulfone groups is 1. The van der Waals surface area contributed by atoms with E-state index in [1.165, 1.54) is 5.56 Å². The standard InChI is InChI=1S/C23H28ClNO4S/c1-4-18-5-7-19(8-6-18)13-25(20-9-10-30(27,28)15-20)22(26)14-29-21-11-16(2)23(24)17(3)12-21/h5-8,11-12,20H,4,9-10,13-15H2,1-3H3. The molecule has 0 spiro atoms. The number of nitrogens with zero attached hydrogens (tertiary/aromatic N) is 1. The molecule has 1 unspecified atom stereocenters. The van der Waals surface area contributed by atoms with Gasteiger partial charge in [-0.2, -0.15) is 0 Å². The zero-order valence-electron chi connectivity index (χ0n) is 17.7. The number of hydrogen-bond acceptors (Lipinski definition) is 4. The average molecular weight is 450 g/mol. The molecule has 0 aromatic heterocycles. The molecule has 162 valence electrons. The first-order chi connectivity index (χ1) is 14.2. The second-order valence-electron chi connectivity index (χ2n) is 7.91. The second kappa shape index (κ2) is 9.40. The largest absolute Gasteiger partial charge is 0.484 e. The minimum atomic E-state index is -3.11. The third kappa shape index (κ3) is 5.55. The summed E-state index contributed by atoms with van der Waals surface area (Å²) in [5, 5.41) is 0.682. The van der Waals surface area contributed by atoms with Gasteiger partial charge in [0.1, 0.15) is 5.75 Å². The van der Waals surface area contributed by atoms with E-state index in [4.69, 9.17) is 16.3 Å². The zero-order chi connectivity index (χ0) is 21.9. The Labute approximate surface area is 183 Å². The summed E-state index contributed by atoms with van der Waals surface area (Å²) >= 11 is 6.20. The Bertz CT molecular complexity index is 995. The van der Waals surface area contributed by atoms with E-state index in [0.29, 0.717) is 23.7 Å². The quantitative estimate of drug-likeness (QED) is 0.638. The van der Waals surface area contributed by atoms with Gasteiger partial charge in [0.25, 0.3) is 5.91 Å². The van der Waals surface area contributed by atoms with Crippen LogP contribution in [0.15, 0.2) is 36.4 Å². The van der Waals surface area contributed by atoms with Crippen LogP contribution in [-0.4, -0.2) is 43.4 Å². The summed E-state index contributed by atoms with van der Waals surface area (Å²) in [6.07, 6.45) is 1.40. The molecule has 2 aromatic carbocycles. The maximum Gasteiger partial charge on any atom is 0.261 e. The van der Waals surface area contributed by atoms with Crippen molar-refractivity contribution >= 4 is 27.3 Å². The van der Waals surface area contributed by atoms with Crippen molar-refractivity contribution in [2.45, 2.75) is 46.2 Å². The molecule has 0 radical (unpaired) electrons. The summed E-state index contributed by atoms with van der Waals surface area (Å²) in [6, 6.07) is 11.3. The third-order valence-electron chi connectivity index (χ3n) is 5.53. The number of rotatable bonds is 7. The van der Waals surface area contributed by atoms with Gasteiger partial charge < -0.3 is 9.64 Å². The molecule has 0 N–H and O–H groups in total. The summed E-state index contributed by atoms with van der Waals surface area (Å²) in [6.45, 7) is 6.08. The normalized spacial score (nSPS) is 17.7. The number of aryl methyl sites for hydroxylation is 3. The number of benzene rings is 2. The highest BCUT2D eigenvalue weighted by molar-refractivity contribution is 7.91. The highest BCUT2D eigenvalue weighted by atomic mass is 35.5. The summed E-state index contributed by atoms with van der Waals surface area (Å²) in [5.74, 6) is 0.480. The minimum absolute atomic E-state index is 0.00491. The van der Waals surface area contributed by atoms with Crippen molar-refractivity contribution in [1.82, 2.24) is 4.90 Å². The van der Waals surface area contributed by atoms with Gasteiger partial charge in [-0.25, -0.2) is 8.42 Å². The maximum absolute atomic E-state index is 13.1. The SMILES string of the molecule is CCc1ccc(CN(C(=O)COc2cc(C)c(Cl)c(C)c2)C2CCS(=O)(=O)C2)cc1. The molecule has 3 rings (SSSR count). The van der Waals surface area contributed by atoms with Gasteiger partial charge in [0, 0.05) is 17.6 Å². The van der Waals surface area contributed by atoms with Crippen LogP contribution in [0.3, 0.4) is 0 Å². The Hall–Kier alpha value is -2.05. The predicted molar refractivity (Wildman–Crippen MR) is 120 cm³/mol. The number of halogens is 1. The van der Waals surface area contributed by atoms with Crippen molar-refractivity contribution in [3.63, 3.8) is 0 Å². The van der Waals surface area contributed by atoms with Crippen LogP contribution in [0.1, 0.15) is 35.6 Å². The first kappa shape index (κ1) is 22.6. The van der Waals surface area contributed by atoms with E-state index in [-0.39, 0.29) is 30.1 Å². The summed E-state index contributed by atoms with van der Waals surface area (Å²) < 4.78 is 29.8. The molecule has 0 bridgehead atoms. The van der Waals surface area contributed by atoms with Crippen molar-refractivity contribution in [2.24, 2.45) is 0 Å². The van der Waals surface area contributed by atoms with Crippen molar-refractivity contribution in [2.75, 3.05) is 18.1 Å². The molecule has 1 aliphatic heterocycles. The van der Waals surface area contributed by atoms with Gasteiger partial charge in [0.2, 0.25) is 0 Å². The zero-order valence-corrected chi connectivity index (χ0v) is 19.2. The van der Waals surface area contributed by atoms with Crippen molar-refractivity contribution in [3.8, 4) is 5.75 Å². The van der Waals surface area contributed by atoms with Gasteiger partial charge in [-0.05, 0) is 61.1 Å². The molecule has 2 aromatic rings. The van der Waals surface area contributed by atoms with E-state index in [0.717, 1.165) is 23.1 Å². The fourth-order valence-corrected chi connectivity index (χ4v) is 5.58. The van der Waals surface area contributed by atoms with Crippen LogP contribution < -0.4 is 4.74 Å². The van der Waals surface area contributed by atoms with E-state index in [1.54, 1.807) is 17.0 Å². The van der Waals surface area contributed by atoms with E-state index in [1.807, 2.05) is 38.1 Å². The summed E-state index contributed by atoms with van der Waals surface area (Å²) in [7, 11) is -3.11. The second-order valence-corrected chi connectivity index (χ2v) is 10.5. The van der Waals surface area contributed by atoms with Crippen LogP contribution >= 0.6 is 11.6 Å². The number of hydrogen-bond donors (Lipinski definition) is 0. The lowest BCUT2D eigenvalue weighted by Crippen LogP contribution is -2.43. The Kier molecular flexibility index (Phi) is 7.09. The Morgan fingerprint density at radius 2 is 1.73 bits per heavy atom. The Morgan fingerprint density at radius 1 is 1.13 bits per heavy atom. The van der Waals surface area contributed by atoms with Gasteiger partial charge in [0.15, 0.2) is 16.4 Å². The van der Waals surface area contributed by atoms with Gasteiger partial charge in [0.05, 0.1) is 11.5 Å².